The number of furan rings is 1. The zero-order valence-corrected chi connectivity index (χ0v) is 12.9. The highest BCUT2D eigenvalue weighted by atomic mass is 16.3. The largest absolute Gasteiger partial charge is 0.467 e. The highest BCUT2D eigenvalue weighted by molar-refractivity contribution is 6.04. The fraction of sp³-hybridized carbons (Fsp3) is 0.562. The van der Waals surface area contributed by atoms with Crippen molar-refractivity contribution in [1.29, 1.82) is 0 Å². The van der Waals surface area contributed by atoms with E-state index in [0.717, 1.165) is 30.6 Å². The van der Waals surface area contributed by atoms with E-state index in [9.17, 15) is 14.4 Å². The van der Waals surface area contributed by atoms with Gasteiger partial charge in [0.2, 0.25) is 5.91 Å². The van der Waals surface area contributed by atoms with Gasteiger partial charge in [0.25, 0.3) is 5.91 Å². The summed E-state index contributed by atoms with van der Waals surface area (Å²) in [6.07, 6.45) is 6.43. The fourth-order valence-electron chi connectivity index (χ4n) is 3.13. The first kappa shape index (κ1) is 15.6. The minimum atomic E-state index is -0.633. The van der Waals surface area contributed by atoms with Gasteiger partial charge >= 0.3 is 6.03 Å². The van der Waals surface area contributed by atoms with Crippen LogP contribution in [-0.2, 0) is 16.1 Å². The minimum Gasteiger partial charge on any atom is -0.467 e. The molecule has 1 aliphatic heterocycles. The third-order valence-corrected chi connectivity index (χ3v) is 4.38. The van der Waals surface area contributed by atoms with Gasteiger partial charge in [-0.05, 0) is 31.4 Å². The van der Waals surface area contributed by atoms with Crippen molar-refractivity contribution in [2.75, 3.05) is 0 Å². The second kappa shape index (κ2) is 6.85. The maximum atomic E-state index is 12.3. The van der Waals surface area contributed by atoms with Crippen LogP contribution in [0.1, 0.15) is 44.3 Å². The molecule has 2 N–H and O–H groups in total. The van der Waals surface area contributed by atoms with Crippen LogP contribution >= 0.6 is 0 Å². The van der Waals surface area contributed by atoms with E-state index in [4.69, 9.17) is 4.42 Å². The summed E-state index contributed by atoms with van der Waals surface area (Å²) < 4.78 is 5.16. The third-order valence-electron chi connectivity index (χ3n) is 4.38. The lowest BCUT2D eigenvalue weighted by Crippen LogP contribution is -2.35. The first-order chi connectivity index (χ1) is 11.1. The van der Waals surface area contributed by atoms with Crippen molar-refractivity contribution in [2.45, 2.75) is 57.2 Å². The van der Waals surface area contributed by atoms with E-state index in [1.807, 2.05) is 0 Å². The Hall–Kier alpha value is -2.31. The fourth-order valence-corrected chi connectivity index (χ4v) is 3.13. The molecule has 124 valence electrons. The Morgan fingerprint density at radius 1 is 1.35 bits per heavy atom. The van der Waals surface area contributed by atoms with Gasteiger partial charge in [-0.15, -0.1) is 0 Å². The molecule has 0 aromatic carbocycles. The lowest BCUT2D eigenvalue weighted by molar-refractivity contribution is -0.128. The normalized spacial score (nSPS) is 21.7. The van der Waals surface area contributed by atoms with Gasteiger partial charge < -0.3 is 15.1 Å². The minimum absolute atomic E-state index is 0.0524. The summed E-state index contributed by atoms with van der Waals surface area (Å²) in [6, 6.07) is 2.62. The topological polar surface area (TPSA) is 91.7 Å². The number of nitrogens with zero attached hydrogens (tertiary/aromatic N) is 1. The summed E-state index contributed by atoms with van der Waals surface area (Å²) in [5.41, 5.74) is 0. The van der Waals surface area contributed by atoms with Gasteiger partial charge in [-0.25, -0.2) is 4.79 Å². The third kappa shape index (κ3) is 3.72. The van der Waals surface area contributed by atoms with Crippen LogP contribution in [0.3, 0.4) is 0 Å². The number of hydrogen-bond acceptors (Lipinski definition) is 4. The number of imide groups is 1. The van der Waals surface area contributed by atoms with E-state index in [2.05, 4.69) is 10.6 Å². The Morgan fingerprint density at radius 3 is 2.83 bits per heavy atom. The van der Waals surface area contributed by atoms with Gasteiger partial charge in [-0.1, -0.05) is 12.8 Å². The second-order valence-electron chi connectivity index (χ2n) is 6.09. The molecule has 1 saturated carbocycles. The summed E-state index contributed by atoms with van der Waals surface area (Å²) >= 11 is 0. The standard InChI is InChI=1S/C16H21N3O4/c20-14(17-11-4-1-2-5-11)8-7-13-15(21)19(16(22)18-13)10-12-6-3-9-23-12/h3,6,9,11,13H,1-2,4-5,7-8,10H2,(H,17,20)(H,18,22). The molecule has 0 radical (unpaired) electrons. The number of hydrogen-bond donors (Lipinski definition) is 2. The molecule has 4 amide bonds. The van der Waals surface area contributed by atoms with Gasteiger partial charge in [0, 0.05) is 12.5 Å². The zero-order chi connectivity index (χ0) is 16.2. The quantitative estimate of drug-likeness (QED) is 0.778. The van der Waals surface area contributed by atoms with Crippen molar-refractivity contribution in [3.63, 3.8) is 0 Å². The predicted molar refractivity (Wildman–Crippen MR) is 81.2 cm³/mol. The lowest BCUT2D eigenvalue weighted by atomic mass is 10.1. The molecular formula is C16H21N3O4. The monoisotopic (exact) mass is 319 g/mol. The molecule has 1 saturated heterocycles. The van der Waals surface area contributed by atoms with Gasteiger partial charge in [0.1, 0.15) is 11.8 Å². The molecular weight excluding hydrogens is 298 g/mol. The molecule has 2 aliphatic rings. The Kier molecular flexibility index (Phi) is 4.64. The highest BCUT2D eigenvalue weighted by Crippen LogP contribution is 2.18. The van der Waals surface area contributed by atoms with Gasteiger partial charge in [0.05, 0.1) is 12.8 Å². The van der Waals surface area contributed by atoms with E-state index in [0.29, 0.717) is 12.2 Å². The summed E-state index contributed by atoms with van der Waals surface area (Å²) in [5.74, 6) is 0.191. The SMILES string of the molecule is O=C(CCC1NC(=O)N(Cc2ccco2)C1=O)NC1CCCC1. The molecule has 1 aliphatic carbocycles. The molecule has 23 heavy (non-hydrogen) atoms. The van der Waals surface area contributed by atoms with Gasteiger partial charge in [-0.3, -0.25) is 14.5 Å². The van der Waals surface area contributed by atoms with E-state index < -0.39 is 12.1 Å². The molecule has 0 spiro atoms. The molecule has 1 unspecified atom stereocenters. The van der Waals surface area contributed by atoms with Crippen molar-refractivity contribution in [3.05, 3.63) is 24.2 Å². The number of nitrogens with one attached hydrogen (secondary N) is 2. The Morgan fingerprint density at radius 2 is 2.13 bits per heavy atom. The Bertz CT molecular complexity index is 578. The van der Waals surface area contributed by atoms with E-state index in [1.54, 1.807) is 12.1 Å². The molecule has 2 fully saturated rings. The van der Waals surface area contributed by atoms with Crippen molar-refractivity contribution < 1.29 is 18.8 Å². The van der Waals surface area contributed by atoms with Crippen molar-refractivity contribution in [3.8, 4) is 0 Å². The number of rotatable bonds is 6. The molecule has 1 aromatic rings. The predicted octanol–water partition coefficient (Wildman–Crippen LogP) is 1.54. The molecule has 1 aromatic heterocycles. The van der Waals surface area contributed by atoms with Crippen LogP contribution in [0.5, 0.6) is 0 Å². The van der Waals surface area contributed by atoms with E-state index in [1.165, 1.54) is 6.26 Å². The van der Waals surface area contributed by atoms with Crippen LogP contribution in [-0.4, -0.2) is 34.8 Å². The maximum Gasteiger partial charge on any atom is 0.325 e. The van der Waals surface area contributed by atoms with Gasteiger partial charge in [0.15, 0.2) is 0 Å². The van der Waals surface area contributed by atoms with Crippen LogP contribution in [0.4, 0.5) is 4.79 Å². The molecule has 1 atom stereocenters. The smallest absolute Gasteiger partial charge is 0.325 e. The second-order valence-corrected chi connectivity index (χ2v) is 6.09. The molecule has 7 heteroatoms. The maximum absolute atomic E-state index is 12.3. The molecule has 3 rings (SSSR count). The molecule has 2 heterocycles. The van der Waals surface area contributed by atoms with Crippen molar-refractivity contribution in [2.24, 2.45) is 0 Å². The van der Waals surface area contributed by atoms with Crippen LogP contribution in [0.2, 0.25) is 0 Å². The Balaban J connectivity index is 1.47. The summed E-state index contributed by atoms with van der Waals surface area (Å²) in [7, 11) is 0. The van der Waals surface area contributed by atoms with Crippen LogP contribution in [0.25, 0.3) is 0 Å². The first-order valence-corrected chi connectivity index (χ1v) is 8.07. The van der Waals surface area contributed by atoms with E-state index in [-0.39, 0.29) is 30.8 Å². The zero-order valence-electron chi connectivity index (χ0n) is 12.9. The van der Waals surface area contributed by atoms with Crippen LogP contribution in [0, 0.1) is 0 Å². The Labute approximate surface area is 134 Å². The van der Waals surface area contributed by atoms with E-state index >= 15 is 0 Å². The van der Waals surface area contributed by atoms with Crippen molar-refractivity contribution >= 4 is 17.8 Å². The summed E-state index contributed by atoms with van der Waals surface area (Å²) in [4.78, 5) is 37.2. The van der Waals surface area contributed by atoms with Gasteiger partial charge in [-0.2, -0.15) is 0 Å². The molecule has 7 nitrogen and oxygen atoms in total. The average molecular weight is 319 g/mol. The highest BCUT2D eigenvalue weighted by Gasteiger charge is 2.38. The van der Waals surface area contributed by atoms with Crippen molar-refractivity contribution in [1.82, 2.24) is 15.5 Å². The first-order valence-electron chi connectivity index (χ1n) is 8.07. The average Bonchev–Trinajstić information content (AvgIpc) is 3.25. The van der Waals surface area contributed by atoms with Crippen LogP contribution < -0.4 is 10.6 Å². The summed E-state index contributed by atoms with van der Waals surface area (Å²) in [5, 5.41) is 5.62. The van der Waals surface area contributed by atoms with Crippen LogP contribution in [0.15, 0.2) is 22.8 Å². The number of urea groups is 1. The summed E-state index contributed by atoms with van der Waals surface area (Å²) in [6.45, 7) is 0.114. The number of carbonyl (C=O) groups is 3. The number of amides is 4. The molecule has 0 bridgehead atoms. The lowest BCUT2D eigenvalue weighted by Gasteiger charge is -2.13. The number of carbonyl (C=O) groups excluding carboxylic acids is 3.